The fraction of sp³-hybridized carbons (Fsp3) is 0.714. The minimum atomic E-state index is 0.362. The summed E-state index contributed by atoms with van der Waals surface area (Å²) in [4.78, 5) is 0. The highest BCUT2D eigenvalue weighted by molar-refractivity contribution is 5.69. The Morgan fingerprint density at radius 3 is 2.87 bits per heavy atom. The molecule has 0 radical (unpaired) electrons. The lowest BCUT2D eigenvalue weighted by molar-refractivity contribution is -0.952. The third kappa shape index (κ3) is 1.05. The molecule has 0 unspecified atom stereocenters. The van der Waals surface area contributed by atoms with Crippen LogP contribution < -0.4 is 5.32 Å². The van der Waals surface area contributed by atoms with Gasteiger partial charge < -0.3 is 9.80 Å². The van der Waals surface area contributed by atoms with Crippen molar-refractivity contribution in [2.24, 2.45) is 11.3 Å². The van der Waals surface area contributed by atoms with Crippen molar-refractivity contribution in [3.63, 3.8) is 0 Å². The molecular weight excluding hydrogens is 280 g/mol. The maximum Gasteiger partial charge on any atom is 0.107 e. The predicted octanol–water partition coefficient (Wildman–Crippen LogP) is 3.92. The van der Waals surface area contributed by atoms with Gasteiger partial charge in [0, 0.05) is 17.5 Å². The van der Waals surface area contributed by atoms with Crippen LogP contribution in [0, 0.1) is 11.3 Å². The number of piperidine rings is 1. The van der Waals surface area contributed by atoms with Gasteiger partial charge in [-0.25, -0.2) is 0 Å². The van der Waals surface area contributed by atoms with E-state index in [4.69, 9.17) is 0 Å². The monoisotopic (exact) mass is 309 g/mol. The van der Waals surface area contributed by atoms with E-state index in [2.05, 4.69) is 43.4 Å². The lowest BCUT2D eigenvalue weighted by Gasteiger charge is -2.55. The van der Waals surface area contributed by atoms with E-state index in [9.17, 15) is 0 Å². The molecule has 6 atom stereocenters. The van der Waals surface area contributed by atoms with Crippen molar-refractivity contribution in [1.82, 2.24) is 0 Å². The molecule has 0 aromatic heterocycles. The fourth-order valence-corrected chi connectivity index (χ4v) is 8.94. The van der Waals surface area contributed by atoms with Crippen molar-refractivity contribution in [1.29, 1.82) is 0 Å². The molecule has 2 aliphatic carbocycles. The van der Waals surface area contributed by atoms with E-state index in [-0.39, 0.29) is 0 Å². The number of benzene rings is 1. The molecular formula is C21H29N2+. The first-order chi connectivity index (χ1) is 11.2. The van der Waals surface area contributed by atoms with Crippen molar-refractivity contribution in [2.45, 2.75) is 62.9 Å². The third-order valence-electron chi connectivity index (χ3n) is 9.53. The molecule has 3 heterocycles. The van der Waals surface area contributed by atoms with Gasteiger partial charge in [-0.05, 0) is 50.2 Å². The fourth-order valence-electron chi connectivity index (χ4n) is 8.94. The molecule has 5 aliphatic rings. The Hall–Kier alpha value is -1.02. The SMILES string of the molecule is CC[N@+]12CCC[C@@]34CC[C@@]5(Nc6ccccc6[C@]5(CC1)[C@H]32)[C@H]4C. The Kier molecular flexibility index (Phi) is 2.10. The Morgan fingerprint density at radius 1 is 1.13 bits per heavy atom. The zero-order valence-electron chi connectivity index (χ0n) is 14.6. The molecule has 122 valence electrons. The maximum absolute atomic E-state index is 4.15. The van der Waals surface area contributed by atoms with E-state index in [0.29, 0.717) is 16.4 Å². The molecule has 2 nitrogen and oxygen atoms in total. The van der Waals surface area contributed by atoms with Crippen LogP contribution in [-0.4, -0.2) is 35.7 Å². The van der Waals surface area contributed by atoms with E-state index in [1.807, 2.05) is 0 Å². The molecule has 4 fully saturated rings. The van der Waals surface area contributed by atoms with E-state index in [0.717, 1.165) is 12.0 Å². The van der Waals surface area contributed by atoms with Gasteiger partial charge in [0.15, 0.2) is 0 Å². The minimum Gasteiger partial charge on any atom is -0.378 e. The van der Waals surface area contributed by atoms with Crippen molar-refractivity contribution < 1.29 is 4.48 Å². The predicted molar refractivity (Wildman–Crippen MR) is 93.5 cm³/mol. The van der Waals surface area contributed by atoms with E-state index >= 15 is 0 Å². The van der Waals surface area contributed by atoms with Gasteiger partial charge in [0.25, 0.3) is 0 Å². The number of hydrogen-bond donors (Lipinski definition) is 1. The zero-order chi connectivity index (χ0) is 15.5. The molecule has 3 spiro atoms. The van der Waals surface area contributed by atoms with Crippen LogP contribution in [0.4, 0.5) is 5.69 Å². The minimum absolute atomic E-state index is 0.362. The third-order valence-corrected chi connectivity index (χ3v) is 9.53. The van der Waals surface area contributed by atoms with Gasteiger partial charge in [-0.3, -0.25) is 0 Å². The van der Waals surface area contributed by atoms with Crippen LogP contribution in [0.2, 0.25) is 0 Å². The first kappa shape index (κ1) is 13.3. The number of nitrogens with zero attached hydrogens (tertiary/aromatic N) is 1. The smallest absolute Gasteiger partial charge is 0.107 e. The van der Waals surface area contributed by atoms with Gasteiger partial charge in [0.2, 0.25) is 0 Å². The van der Waals surface area contributed by atoms with Crippen molar-refractivity contribution in [2.75, 3.05) is 25.0 Å². The molecule has 23 heavy (non-hydrogen) atoms. The van der Waals surface area contributed by atoms with Gasteiger partial charge in [-0.1, -0.05) is 25.1 Å². The van der Waals surface area contributed by atoms with Crippen LogP contribution in [0.25, 0.3) is 0 Å². The molecule has 2 saturated carbocycles. The summed E-state index contributed by atoms with van der Waals surface area (Å²) in [5.41, 5.74) is 4.56. The van der Waals surface area contributed by atoms with E-state index < -0.39 is 0 Å². The number of para-hydroxylation sites is 1. The molecule has 2 heteroatoms. The number of rotatable bonds is 1. The highest BCUT2D eigenvalue weighted by atomic mass is 15.4. The zero-order valence-corrected chi connectivity index (χ0v) is 14.6. The largest absolute Gasteiger partial charge is 0.378 e. The summed E-state index contributed by atoms with van der Waals surface area (Å²) in [7, 11) is 0. The summed E-state index contributed by atoms with van der Waals surface area (Å²) in [5.74, 6) is 0.831. The molecule has 1 aromatic carbocycles. The van der Waals surface area contributed by atoms with Gasteiger partial charge >= 0.3 is 0 Å². The average molecular weight is 309 g/mol. The number of anilines is 1. The second-order valence-corrected chi connectivity index (χ2v) is 9.31. The summed E-state index contributed by atoms with van der Waals surface area (Å²) in [6.45, 7) is 9.29. The molecule has 1 N–H and O–H groups in total. The highest BCUT2D eigenvalue weighted by Gasteiger charge is 2.86. The van der Waals surface area contributed by atoms with Crippen molar-refractivity contribution in [3.8, 4) is 0 Å². The van der Waals surface area contributed by atoms with Crippen LogP contribution in [0.15, 0.2) is 24.3 Å². The van der Waals surface area contributed by atoms with Gasteiger partial charge in [0.1, 0.15) is 6.04 Å². The lowest BCUT2D eigenvalue weighted by Crippen LogP contribution is -2.66. The summed E-state index contributed by atoms with van der Waals surface area (Å²) in [6, 6.07) is 10.2. The summed E-state index contributed by atoms with van der Waals surface area (Å²) < 4.78 is 1.43. The summed E-state index contributed by atoms with van der Waals surface area (Å²) >= 11 is 0. The first-order valence-corrected chi connectivity index (χ1v) is 9.89. The van der Waals surface area contributed by atoms with Crippen LogP contribution in [0.5, 0.6) is 0 Å². The number of hydrogen-bond acceptors (Lipinski definition) is 1. The lowest BCUT2D eigenvalue weighted by atomic mass is 9.59. The van der Waals surface area contributed by atoms with Gasteiger partial charge in [-0.15, -0.1) is 0 Å². The van der Waals surface area contributed by atoms with Crippen molar-refractivity contribution in [3.05, 3.63) is 29.8 Å². The molecule has 0 amide bonds. The molecule has 3 aliphatic heterocycles. The number of nitrogens with one attached hydrogen (secondary N) is 1. The maximum atomic E-state index is 4.15. The first-order valence-electron chi connectivity index (χ1n) is 9.89. The summed E-state index contributed by atoms with van der Waals surface area (Å²) in [6.07, 6.45) is 7.25. The standard InChI is InChI=1S/C21H29N2/c1-3-23-13-6-9-19-10-11-21(15(19)2)20(12-14-23,18(19)23)16-7-4-5-8-17(16)22-21/h4-5,7-8,15,18,22H,3,6,9-14H2,1-2H3/q+1/t15-,18-,19-,20+,21+,23-/m0/s1. The van der Waals surface area contributed by atoms with E-state index in [1.54, 1.807) is 5.56 Å². The molecule has 2 bridgehead atoms. The Bertz CT molecular complexity index is 714. The average Bonchev–Trinajstić information content (AvgIpc) is 3.23. The second-order valence-electron chi connectivity index (χ2n) is 9.31. The van der Waals surface area contributed by atoms with Crippen LogP contribution in [-0.2, 0) is 5.41 Å². The van der Waals surface area contributed by atoms with Gasteiger partial charge in [0.05, 0.1) is 30.6 Å². The molecule has 1 aromatic rings. The second kappa shape index (κ2) is 3.64. The Balaban J connectivity index is 1.70. The van der Waals surface area contributed by atoms with Crippen LogP contribution >= 0.6 is 0 Å². The topological polar surface area (TPSA) is 12.0 Å². The van der Waals surface area contributed by atoms with Crippen LogP contribution in [0.3, 0.4) is 0 Å². The number of fused-ring (bicyclic) bond motifs is 1. The van der Waals surface area contributed by atoms with Crippen molar-refractivity contribution >= 4 is 5.69 Å². The highest BCUT2D eigenvalue weighted by Crippen LogP contribution is 2.79. The number of quaternary nitrogens is 1. The normalized spacial score (nSPS) is 54.5. The van der Waals surface area contributed by atoms with Gasteiger partial charge in [-0.2, -0.15) is 0 Å². The Morgan fingerprint density at radius 2 is 2.00 bits per heavy atom. The number of likely N-dealkylation sites (N-methyl/N-ethyl adjacent to an activating group) is 1. The summed E-state index contributed by atoms with van der Waals surface area (Å²) in [5, 5.41) is 4.15. The van der Waals surface area contributed by atoms with Crippen LogP contribution in [0.1, 0.15) is 51.5 Å². The Labute approximate surface area is 139 Å². The quantitative estimate of drug-likeness (QED) is 0.775. The molecule has 6 rings (SSSR count). The van der Waals surface area contributed by atoms with E-state index in [1.165, 1.54) is 61.9 Å². The molecule has 2 saturated heterocycles.